The van der Waals surface area contributed by atoms with Crippen LogP contribution < -0.4 is 15.4 Å². The van der Waals surface area contributed by atoms with Gasteiger partial charge in [-0.1, -0.05) is 12.1 Å². The molecule has 1 heterocycles. The Bertz CT molecular complexity index is 1530. The molecule has 0 aliphatic rings. The van der Waals surface area contributed by atoms with Gasteiger partial charge in [0.2, 0.25) is 5.95 Å². The van der Waals surface area contributed by atoms with Gasteiger partial charge >= 0.3 is 0 Å². The Labute approximate surface area is 231 Å². The maximum Gasteiger partial charge on any atom is 0.258 e. The summed E-state index contributed by atoms with van der Waals surface area (Å²) >= 11 is 0. The molecule has 1 amide bonds. The number of likely N-dealkylation sites (N-methyl/N-ethyl adjacent to an activating group) is 1. The summed E-state index contributed by atoms with van der Waals surface area (Å²) in [7, 11) is 3.98. The third-order valence-electron chi connectivity index (χ3n) is 5.90. The van der Waals surface area contributed by atoms with Gasteiger partial charge in [0.25, 0.3) is 5.91 Å². The zero-order chi connectivity index (χ0) is 28.6. The second kappa shape index (κ2) is 12.9. The molecule has 10 heteroatoms. The normalized spacial score (nSPS) is 10.8. The number of aromatic nitrogens is 2. The van der Waals surface area contributed by atoms with E-state index in [0.29, 0.717) is 23.8 Å². The van der Waals surface area contributed by atoms with Crippen molar-refractivity contribution in [1.29, 1.82) is 0 Å². The zero-order valence-corrected chi connectivity index (χ0v) is 22.4. The molecule has 0 radical (unpaired) electrons. The van der Waals surface area contributed by atoms with E-state index in [1.54, 1.807) is 30.5 Å². The van der Waals surface area contributed by atoms with Gasteiger partial charge in [0.05, 0.1) is 17.7 Å². The number of carbonyl (C=O) groups is 2. The highest BCUT2D eigenvalue weighted by molar-refractivity contribution is 6.05. The van der Waals surface area contributed by atoms with E-state index in [1.807, 2.05) is 44.1 Å². The van der Waals surface area contributed by atoms with Gasteiger partial charge in [0.15, 0.2) is 5.78 Å². The summed E-state index contributed by atoms with van der Waals surface area (Å²) in [5, 5.41) is 5.65. The second-order valence-corrected chi connectivity index (χ2v) is 9.39. The SMILES string of the molecule is Cc1cc(Nc2nccc(CC(=O)c3cccc(NC(=O)c4cc(F)ccc4F)c3)n2)ccc1OCCN(C)C. The number of ketones is 1. The maximum atomic E-state index is 13.9. The topological polar surface area (TPSA) is 96.5 Å². The Hall–Kier alpha value is -4.70. The molecule has 0 unspecified atom stereocenters. The van der Waals surface area contributed by atoms with Gasteiger partial charge < -0.3 is 20.3 Å². The average Bonchev–Trinajstić information content (AvgIpc) is 2.91. The number of hydrogen-bond acceptors (Lipinski definition) is 7. The molecule has 8 nitrogen and oxygen atoms in total. The van der Waals surface area contributed by atoms with Gasteiger partial charge in [-0.15, -0.1) is 0 Å². The fourth-order valence-corrected chi connectivity index (χ4v) is 3.82. The van der Waals surface area contributed by atoms with E-state index in [9.17, 15) is 18.4 Å². The Balaban J connectivity index is 1.39. The third kappa shape index (κ3) is 7.67. The lowest BCUT2D eigenvalue weighted by molar-refractivity contribution is 0.0988. The molecule has 0 aliphatic carbocycles. The zero-order valence-electron chi connectivity index (χ0n) is 22.4. The number of nitrogens with zero attached hydrogens (tertiary/aromatic N) is 3. The van der Waals surface area contributed by atoms with E-state index >= 15 is 0 Å². The summed E-state index contributed by atoms with van der Waals surface area (Å²) in [4.78, 5) is 36.2. The van der Waals surface area contributed by atoms with Gasteiger partial charge in [0.1, 0.15) is 24.0 Å². The Morgan fingerprint density at radius 2 is 1.80 bits per heavy atom. The Kier molecular flexibility index (Phi) is 9.13. The van der Waals surface area contributed by atoms with Crippen LogP contribution in [0.15, 0.2) is 72.9 Å². The third-order valence-corrected chi connectivity index (χ3v) is 5.90. The number of ether oxygens (including phenoxy) is 1. The van der Waals surface area contributed by atoms with Crippen molar-refractivity contribution >= 4 is 29.0 Å². The second-order valence-electron chi connectivity index (χ2n) is 9.39. The highest BCUT2D eigenvalue weighted by Crippen LogP contribution is 2.24. The minimum Gasteiger partial charge on any atom is -0.492 e. The number of amides is 1. The first-order valence-corrected chi connectivity index (χ1v) is 12.5. The minimum atomic E-state index is -0.848. The summed E-state index contributed by atoms with van der Waals surface area (Å²) in [6, 6.07) is 16.2. The van der Waals surface area contributed by atoms with Crippen molar-refractivity contribution in [2.24, 2.45) is 0 Å². The van der Waals surface area contributed by atoms with Crippen LogP contribution in [0.2, 0.25) is 0 Å². The van der Waals surface area contributed by atoms with Crippen LogP contribution in [0.4, 0.5) is 26.1 Å². The smallest absolute Gasteiger partial charge is 0.258 e. The lowest BCUT2D eigenvalue weighted by atomic mass is 10.1. The number of hydrogen-bond donors (Lipinski definition) is 2. The van der Waals surface area contributed by atoms with Crippen LogP contribution in [-0.2, 0) is 6.42 Å². The minimum absolute atomic E-state index is 0.00912. The van der Waals surface area contributed by atoms with Crippen molar-refractivity contribution in [3.63, 3.8) is 0 Å². The van der Waals surface area contributed by atoms with Gasteiger partial charge in [0, 0.05) is 29.7 Å². The molecule has 0 saturated heterocycles. The molecule has 4 rings (SSSR count). The van der Waals surface area contributed by atoms with Crippen molar-refractivity contribution < 1.29 is 23.1 Å². The van der Waals surface area contributed by atoms with Gasteiger partial charge in [-0.25, -0.2) is 18.7 Å². The van der Waals surface area contributed by atoms with Crippen molar-refractivity contribution in [2.75, 3.05) is 37.9 Å². The fraction of sp³-hybridized carbons (Fsp3) is 0.200. The molecular weight excluding hydrogens is 516 g/mol. The molecule has 40 heavy (non-hydrogen) atoms. The summed E-state index contributed by atoms with van der Waals surface area (Å²) in [5.41, 5.74) is 2.40. The molecule has 0 fully saturated rings. The number of nitrogens with one attached hydrogen (secondary N) is 2. The fourth-order valence-electron chi connectivity index (χ4n) is 3.82. The largest absolute Gasteiger partial charge is 0.492 e. The lowest BCUT2D eigenvalue weighted by Crippen LogP contribution is -2.19. The maximum absolute atomic E-state index is 13.9. The number of carbonyl (C=O) groups excluding carboxylic acids is 2. The van der Waals surface area contributed by atoms with Crippen molar-refractivity contribution in [1.82, 2.24) is 14.9 Å². The molecule has 1 aromatic heterocycles. The van der Waals surface area contributed by atoms with E-state index in [2.05, 4.69) is 20.6 Å². The molecule has 0 aliphatic heterocycles. The van der Waals surface area contributed by atoms with Gasteiger partial charge in [-0.2, -0.15) is 0 Å². The monoisotopic (exact) mass is 545 g/mol. The van der Waals surface area contributed by atoms with Crippen LogP contribution in [0.3, 0.4) is 0 Å². The molecule has 0 saturated carbocycles. The van der Waals surface area contributed by atoms with E-state index in [-0.39, 0.29) is 17.9 Å². The van der Waals surface area contributed by atoms with Crippen LogP contribution in [-0.4, -0.2) is 53.8 Å². The quantitative estimate of drug-likeness (QED) is 0.243. The van der Waals surface area contributed by atoms with Crippen LogP contribution in [0.5, 0.6) is 5.75 Å². The number of anilines is 3. The molecule has 206 valence electrons. The lowest BCUT2D eigenvalue weighted by Gasteiger charge is -2.14. The standard InChI is InChI=1S/C30H29F2N5O3/c1-19-15-23(8-10-28(19)40-14-13-37(2)3)35-30-33-12-11-24(36-30)18-27(38)20-5-4-6-22(16-20)34-29(39)25-17-21(31)7-9-26(25)32/h4-12,15-17H,13-14,18H2,1-3H3,(H,34,39)(H,33,35,36). The van der Waals surface area contributed by atoms with Crippen LogP contribution in [0.25, 0.3) is 0 Å². The summed E-state index contributed by atoms with van der Waals surface area (Å²) in [6.07, 6.45) is 1.55. The molecule has 0 spiro atoms. The molecule has 0 atom stereocenters. The number of halogens is 2. The van der Waals surface area contributed by atoms with E-state index in [0.717, 1.165) is 41.7 Å². The van der Waals surface area contributed by atoms with Gasteiger partial charge in [-0.3, -0.25) is 9.59 Å². The Morgan fingerprint density at radius 1 is 0.975 bits per heavy atom. The molecule has 0 bridgehead atoms. The first kappa shape index (κ1) is 28.3. The van der Waals surface area contributed by atoms with Gasteiger partial charge in [-0.05, 0) is 81.2 Å². The molecule has 3 aromatic carbocycles. The van der Waals surface area contributed by atoms with E-state index in [4.69, 9.17) is 4.74 Å². The average molecular weight is 546 g/mol. The summed E-state index contributed by atoms with van der Waals surface area (Å²) in [6.45, 7) is 3.35. The molecule has 4 aromatic rings. The van der Waals surface area contributed by atoms with Crippen LogP contribution >= 0.6 is 0 Å². The highest BCUT2D eigenvalue weighted by atomic mass is 19.1. The number of rotatable bonds is 11. The van der Waals surface area contributed by atoms with Crippen LogP contribution in [0.1, 0.15) is 32.0 Å². The van der Waals surface area contributed by atoms with E-state index < -0.39 is 23.1 Å². The van der Waals surface area contributed by atoms with Crippen molar-refractivity contribution in [3.05, 3.63) is 107 Å². The predicted molar refractivity (Wildman–Crippen MR) is 149 cm³/mol. The van der Waals surface area contributed by atoms with Crippen molar-refractivity contribution in [3.8, 4) is 5.75 Å². The number of Topliss-reactive ketones (excluding diaryl/α,β-unsaturated/α-hetero) is 1. The van der Waals surface area contributed by atoms with Crippen molar-refractivity contribution in [2.45, 2.75) is 13.3 Å². The predicted octanol–water partition coefficient (Wildman–Crippen LogP) is 5.42. The highest BCUT2D eigenvalue weighted by Gasteiger charge is 2.15. The first-order valence-electron chi connectivity index (χ1n) is 12.5. The first-order chi connectivity index (χ1) is 19.2. The van der Waals surface area contributed by atoms with Crippen LogP contribution in [0, 0.1) is 18.6 Å². The Morgan fingerprint density at radius 3 is 2.58 bits per heavy atom. The van der Waals surface area contributed by atoms with E-state index in [1.165, 1.54) is 6.07 Å². The number of benzene rings is 3. The number of aryl methyl sites for hydroxylation is 1. The molecule has 2 N–H and O–H groups in total. The molecular formula is C30H29F2N5O3. The summed E-state index contributed by atoms with van der Waals surface area (Å²) in [5.74, 6) is -1.51. The summed E-state index contributed by atoms with van der Waals surface area (Å²) < 4.78 is 33.2.